The fraction of sp³-hybridized carbons (Fsp3) is 0.360. The Morgan fingerprint density at radius 1 is 0.970 bits per heavy atom. The van der Waals surface area contributed by atoms with Gasteiger partial charge in [0.05, 0.1) is 6.33 Å². The van der Waals surface area contributed by atoms with Crippen LogP contribution in [-0.2, 0) is 13.0 Å². The molecule has 1 saturated carbocycles. The maximum absolute atomic E-state index is 9.50. The molecule has 3 aromatic heterocycles. The highest BCUT2D eigenvalue weighted by atomic mass is 16.3. The first-order chi connectivity index (χ1) is 16.3. The van der Waals surface area contributed by atoms with Crippen LogP contribution in [0.4, 0.5) is 11.8 Å². The summed E-state index contributed by atoms with van der Waals surface area (Å²) in [6.07, 6.45) is 12.5. The summed E-state index contributed by atoms with van der Waals surface area (Å²) >= 11 is 0. The van der Waals surface area contributed by atoms with Crippen LogP contribution in [0.5, 0.6) is 5.75 Å². The lowest BCUT2D eigenvalue weighted by Crippen LogP contribution is -2.14. The third-order valence-corrected chi connectivity index (χ3v) is 6.21. The van der Waals surface area contributed by atoms with E-state index in [0.717, 1.165) is 47.4 Å². The minimum atomic E-state index is 0.279. The number of imidazole rings is 1. The number of hydrogen-bond donors (Lipinski definition) is 3. The summed E-state index contributed by atoms with van der Waals surface area (Å²) in [5, 5.41) is 16.3. The molecule has 8 heteroatoms. The van der Waals surface area contributed by atoms with Crippen LogP contribution in [0.3, 0.4) is 0 Å². The SMILES string of the molecule is Oc1ccc(CCNc2nc(NCc3cccnc3)nc3c2ncn3C2CCCCC2)cc1. The lowest BCUT2D eigenvalue weighted by atomic mass is 9.95. The van der Waals surface area contributed by atoms with Crippen molar-refractivity contribution in [1.82, 2.24) is 24.5 Å². The van der Waals surface area contributed by atoms with Crippen molar-refractivity contribution in [3.8, 4) is 5.75 Å². The normalized spacial score (nSPS) is 14.4. The van der Waals surface area contributed by atoms with Crippen LogP contribution in [0.1, 0.15) is 49.3 Å². The first kappa shape index (κ1) is 21.2. The van der Waals surface area contributed by atoms with Gasteiger partial charge in [0.2, 0.25) is 5.95 Å². The second kappa shape index (κ2) is 9.85. The standard InChI is InChI=1S/C25H29N7O/c33-21-10-8-18(9-11-21)12-14-27-23-22-24(32(17-29-22)20-6-2-1-3-7-20)31-25(30-23)28-16-19-5-4-13-26-15-19/h4-5,8-11,13,15,17,20,33H,1-3,6-7,12,14,16H2,(H2,27,28,30,31). The fourth-order valence-electron chi connectivity index (χ4n) is 4.42. The van der Waals surface area contributed by atoms with Gasteiger partial charge in [-0.2, -0.15) is 9.97 Å². The Hall–Kier alpha value is -3.68. The molecule has 3 N–H and O–H groups in total. The number of pyridine rings is 1. The largest absolute Gasteiger partial charge is 0.508 e. The number of rotatable bonds is 8. The predicted molar refractivity (Wildman–Crippen MR) is 129 cm³/mol. The van der Waals surface area contributed by atoms with E-state index in [0.29, 0.717) is 25.1 Å². The van der Waals surface area contributed by atoms with E-state index >= 15 is 0 Å². The van der Waals surface area contributed by atoms with Gasteiger partial charge in [-0.15, -0.1) is 0 Å². The van der Waals surface area contributed by atoms with E-state index in [4.69, 9.17) is 15.0 Å². The first-order valence-corrected chi connectivity index (χ1v) is 11.7. The molecule has 170 valence electrons. The number of phenolic OH excluding ortho intramolecular Hbond substituents is 1. The van der Waals surface area contributed by atoms with Crippen molar-refractivity contribution in [3.63, 3.8) is 0 Å². The summed E-state index contributed by atoms with van der Waals surface area (Å²) in [7, 11) is 0. The molecule has 1 aromatic carbocycles. The zero-order valence-corrected chi connectivity index (χ0v) is 18.6. The molecule has 0 radical (unpaired) electrons. The van der Waals surface area contributed by atoms with E-state index in [1.165, 1.54) is 19.3 Å². The van der Waals surface area contributed by atoms with Gasteiger partial charge in [-0.3, -0.25) is 4.98 Å². The Morgan fingerprint density at radius 2 is 1.82 bits per heavy atom. The van der Waals surface area contributed by atoms with Crippen molar-refractivity contribution < 1.29 is 5.11 Å². The number of aromatic nitrogens is 5. The first-order valence-electron chi connectivity index (χ1n) is 11.7. The Labute approximate surface area is 193 Å². The van der Waals surface area contributed by atoms with Gasteiger partial charge in [0, 0.05) is 31.5 Å². The second-order valence-electron chi connectivity index (χ2n) is 8.57. The van der Waals surface area contributed by atoms with E-state index in [-0.39, 0.29) is 5.75 Å². The van der Waals surface area contributed by atoms with Gasteiger partial charge in [0.1, 0.15) is 5.75 Å². The molecule has 1 fully saturated rings. The number of phenols is 1. The lowest BCUT2D eigenvalue weighted by Gasteiger charge is -2.23. The van der Waals surface area contributed by atoms with Crippen molar-refractivity contribution in [3.05, 3.63) is 66.2 Å². The predicted octanol–water partition coefficient (Wildman–Crippen LogP) is 4.70. The summed E-state index contributed by atoms with van der Waals surface area (Å²) in [6, 6.07) is 11.7. The van der Waals surface area contributed by atoms with Gasteiger partial charge in [-0.25, -0.2) is 4.98 Å². The maximum atomic E-state index is 9.50. The molecule has 4 aromatic rings. The number of aromatic hydroxyl groups is 1. The zero-order chi connectivity index (χ0) is 22.5. The monoisotopic (exact) mass is 443 g/mol. The fourth-order valence-corrected chi connectivity index (χ4v) is 4.42. The number of nitrogens with one attached hydrogen (secondary N) is 2. The Bertz CT molecular complexity index is 1180. The van der Waals surface area contributed by atoms with Crippen LogP contribution in [-0.4, -0.2) is 36.2 Å². The molecule has 0 unspecified atom stereocenters. The van der Waals surface area contributed by atoms with Crippen LogP contribution >= 0.6 is 0 Å². The second-order valence-corrected chi connectivity index (χ2v) is 8.57. The number of fused-ring (bicyclic) bond motifs is 1. The summed E-state index contributed by atoms with van der Waals surface area (Å²) in [5.74, 6) is 1.60. The molecule has 8 nitrogen and oxygen atoms in total. The van der Waals surface area contributed by atoms with Crippen molar-refractivity contribution in [2.24, 2.45) is 0 Å². The van der Waals surface area contributed by atoms with Gasteiger partial charge >= 0.3 is 0 Å². The van der Waals surface area contributed by atoms with Gasteiger partial charge in [0.15, 0.2) is 17.0 Å². The summed E-state index contributed by atoms with van der Waals surface area (Å²) in [6.45, 7) is 1.30. The van der Waals surface area contributed by atoms with Crippen molar-refractivity contribution in [2.45, 2.75) is 51.1 Å². The van der Waals surface area contributed by atoms with E-state index < -0.39 is 0 Å². The quantitative estimate of drug-likeness (QED) is 0.363. The lowest BCUT2D eigenvalue weighted by molar-refractivity contribution is 0.358. The van der Waals surface area contributed by atoms with E-state index in [9.17, 15) is 5.11 Å². The highest BCUT2D eigenvalue weighted by Gasteiger charge is 2.20. The Balaban J connectivity index is 1.39. The summed E-state index contributed by atoms with van der Waals surface area (Å²) in [5.41, 5.74) is 3.90. The number of hydrogen-bond acceptors (Lipinski definition) is 7. The minimum absolute atomic E-state index is 0.279. The topological polar surface area (TPSA) is 101 Å². The molecule has 0 bridgehead atoms. The van der Waals surface area contributed by atoms with Gasteiger partial charge in [-0.1, -0.05) is 37.5 Å². The van der Waals surface area contributed by atoms with Gasteiger partial charge < -0.3 is 20.3 Å². The zero-order valence-electron chi connectivity index (χ0n) is 18.6. The van der Waals surface area contributed by atoms with Crippen molar-refractivity contribution in [2.75, 3.05) is 17.2 Å². The highest BCUT2D eigenvalue weighted by molar-refractivity contribution is 5.84. The number of nitrogens with zero attached hydrogens (tertiary/aromatic N) is 5. The van der Waals surface area contributed by atoms with Gasteiger partial charge in [-0.05, 0) is 48.6 Å². The summed E-state index contributed by atoms with van der Waals surface area (Å²) in [4.78, 5) is 18.5. The van der Waals surface area contributed by atoms with Crippen LogP contribution < -0.4 is 10.6 Å². The molecule has 33 heavy (non-hydrogen) atoms. The molecule has 0 spiro atoms. The summed E-state index contributed by atoms with van der Waals surface area (Å²) < 4.78 is 2.23. The smallest absolute Gasteiger partial charge is 0.227 e. The van der Waals surface area contributed by atoms with Crippen molar-refractivity contribution >= 4 is 22.9 Å². The minimum Gasteiger partial charge on any atom is -0.508 e. The molecule has 5 rings (SSSR count). The van der Waals surface area contributed by atoms with Gasteiger partial charge in [0.25, 0.3) is 0 Å². The molecule has 0 saturated heterocycles. The van der Waals surface area contributed by atoms with Crippen LogP contribution in [0.25, 0.3) is 11.2 Å². The number of benzene rings is 1. The molecule has 0 atom stereocenters. The average Bonchev–Trinajstić information content (AvgIpc) is 3.29. The Kier molecular flexibility index (Phi) is 6.32. The number of anilines is 2. The molecular weight excluding hydrogens is 414 g/mol. The average molecular weight is 444 g/mol. The third-order valence-electron chi connectivity index (χ3n) is 6.21. The van der Waals surface area contributed by atoms with Crippen LogP contribution in [0.15, 0.2) is 55.1 Å². The van der Waals surface area contributed by atoms with E-state index in [1.54, 1.807) is 18.3 Å². The molecule has 0 amide bonds. The molecule has 1 aliphatic rings. The molecule has 0 aliphatic heterocycles. The highest BCUT2D eigenvalue weighted by Crippen LogP contribution is 2.32. The van der Waals surface area contributed by atoms with Crippen molar-refractivity contribution in [1.29, 1.82) is 0 Å². The van der Waals surface area contributed by atoms with E-state index in [2.05, 4.69) is 20.2 Å². The molecular formula is C25H29N7O. The molecule has 3 heterocycles. The Morgan fingerprint density at radius 3 is 2.61 bits per heavy atom. The van der Waals surface area contributed by atoms with E-state index in [1.807, 2.05) is 36.8 Å². The molecule has 1 aliphatic carbocycles. The third kappa shape index (κ3) is 5.05. The maximum Gasteiger partial charge on any atom is 0.227 e. The van der Waals surface area contributed by atoms with Crippen LogP contribution in [0, 0.1) is 0 Å². The van der Waals surface area contributed by atoms with Crippen LogP contribution in [0.2, 0.25) is 0 Å².